The number of alkyl halides is 3. The number of rotatable bonds is 6. The molecule has 0 aliphatic rings. The molecule has 0 aromatic heterocycles. The Labute approximate surface area is 140 Å². The summed E-state index contributed by atoms with van der Waals surface area (Å²) in [5.41, 5.74) is -2.77. The van der Waals surface area contributed by atoms with Crippen molar-refractivity contribution in [3.8, 4) is 0 Å². The van der Waals surface area contributed by atoms with Gasteiger partial charge < -0.3 is 10.2 Å². The van der Waals surface area contributed by atoms with Crippen molar-refractivity contribution in [2.75, 3.05) is 18.9 Å². The average Bonchev–Trinajstić information content (AvgIpc) is 2.51. The van der Waals surface area contributed by atoms with Crippen molar-refractivity contribution < 1.29 is 22.8 Å². The molecule has 0 radical (unpaired) electrons. The van der Waals surface area contributed by atoms with Gasteiger partial charge in [-0.15, -0.1) is 0 Å². The van der Waals surface area contributed by atoms with Crippen LogP contribution in [0.1, 0.15) is 39.2 Å². The van der Waals surface area contributed by atoms with Crippen LogP contribution in [0.2, 0.25) is 0 Å². The van der Waals surface area contributed by atoms with E-state index in [2.05, 4.69) is 5.32 Å². The summed E-state index contributed by atoms with van der Waals surface area (Å²) in [4.78, 5) is 26.3. The van der Waals surface area contributed by atoms with Crippen molar-refractivity contribution in [2.45, 2.75) is 39.8 Å². The molecule has 24 heavy (non-hydrogen) atoms. The molecule has 1 rings (SSSR count). The smallest absolute Gasteiger partial charge is 0.345 e. The zero-order valence-corrected chi connectivity index (χ0v) is 14.3. The number of carbonyl (C=O) groups is 2. The molecule has 4 nitrogen and oxygen atoms in total. The van der Waals surface area contributed by atoms with Crippen molar-refractivity contribution in [2.24, 2.45) is 5.41 Å². The van der Waals surface area contributed by atoms with E-state index in [0.717, 1.165) is 18.9 Å². The molecule has 1 N–H and O–H groups in total. The van der Waals surface area contributed by atoms with Gasteiger partial charge in [0.2, 0.25) is 11.8 Å². The highest BCUT2D eigenvalue weighted by molar-refractivity contribution is 6.10. The molecule has 2 amide bonds. The van der Waals surface area contributed by atoms with Crippen molar-refractivity contribution in [1.82, 2.24) is 4.90 Å². The van der Waals surface area contributed by atoms with Crippen LogP contribution in [0.4, 0.5) is 18.9 Å². The molecular weight excluding hydrogens is 321 g/mol. The molecule has 0 fully saturated rings. The summed E-state index contributed by atoms with van der Waals surface area (Å²) in [5.74, 6) is -1.20. The van der Waals surface area contributed by atoms with Gasteiger partial charge in [0.05, 0.1) is 11.3 Å². The molecule has 0 saturated carbocycles. The fraction of sp³-hybridized carbons (Fsp3) is 0.529. The highest BCUT2D eigenvalue weighted by atomic mass is 19.4. The van der Waals surface area contributed by atoms with Gasteiger partial charge in [-0.05, 0) is 32.4 Å². The number of unbranched alkanes of at least 4 members (excludes halogenated alkanes) is 1. The third-order valence-corrected chi connectivity index (χ3v) is 3.78. The quantitative estimate of drug-likeness (QED) is 0.795. The van der Waals surface area contributed by atoms with E-state index in [1.165, 1.54) is 36.9 Å². The Morgan fingerprint density at radius 2 is 1.75 bits per heavy atom. The zero-order valence-electron chi connectivity index (χ0n) is 14.3. The van der Waals surface area contributed by atoms with Crippen LogP contribution in [-0.4, -0.2) is 30.3 Å². The third kappa shape index (κ3) is 4.72. The highest BCUT2D eigenvalue weighted by Gasteiger charge is 2.40. The number of amides is 2. The lowest BCUT2D eigenvalue weighted by Crippen LogP contribution is -2.46. The van der Waals surface area contributed by atoms with Gasteiger partial charge in [-0.1, -0.05) is 25.5 Å². The van der Waals surface area contributed by atoms with Crippen LogP contribution in [0.25, 0.3) is 0 Å². The lowest BCUT2D eigenvalue weighted by Gasteiger charge is -2.28. The predicted molar refractivity (Wildman–Crippen MR) is 86.4 cm³/mol. The second-order valence-electron chi connectivity index (χ2n) is 6.20. The van der Waals surface area contributed by atoms with Crippen molar-refractivity contribution >= 4 is 17.5 Å². The van der Waals surface area contributed by atoms with Gasteiger partial charge in [0.15, 0.2) is 0 Å². The van der Waals surface area contributed by atoms with Crippen molar-refractivity contribution in [1.29, 1.82) is 0 Å². The lowest BCUT2D eigenvalue weighted by atomic mass is 9.90. The predicted octanol–water partition coefficient (Wildman–Crippen LogP) is 3.93. The van der Waals surface area contributed by atoms with Gasteiger partial charge in [-0.2, -0.15) is 13.2 Å². The number of benzene rings is 1. The first kappa shape index (κ1) is 20.0. The monoisotopic (exact) mass is 344 g/mol. The van der Waals surface area contributed by atoms with E-state index < -0.39 is 29.0 Å². The maximum absolute atomic E-state index is 13.0. The molecule has 0 heterocycles. The third-order valence-electron chi connectivity index (χ3n) is 3.78. The number of hydrogen-bond acceptors (Lipinski definition) is 2. The summed E-state index contributed by atoms with van der Waals surface area (Å²) in [6, 6.07) is 4.69. The Bertz CT molecular complexity index is 598. The van der Waals surface area contributed by atoms with E-state index in [4.69, 9.17) is 0 Å². The number of para-hydroxylation sites is 1. The van der Waals surface area contributed by atoms with E-state index in [9.17, 15) is 22.8 Å². The largest absolute Gasteiger partial charge is 0.418 e. The van der Waals surface area contributed by atoms with Gasteiger partial charge >= 0.3 is 6.18 Å². The number of anilines is 1. The van der Waals surface area contributed by atoms with E-state index in [0.29, 0.717) is 6.54 Å². The fourth-order valence-electron chi connectivity index (χ4n) is 2.19. The van der Waals surface area contributed by atoms with Gasteiger partial charge in [0.25, 0.3) is 0 Å². The van der Waals surface area contributed by atoms with Gasteiger partial charge in [-0.3, -0.25) is 9.59 Å². The standard InChI is InChI=1S/C17H23F3N2O2/c1-5-6-11-22(4)15(24)16(2,3)14(23)21-13-10-8-7-9-12(13)17(18,19)20/h7-10H,5-6,11H2,1-4H3,(H,21,23). The Hall–Kier alpha value is -2.05. The van der Waals surface area contributed by atoms with E-state index in [1.807, 2.05) is 6.92 Å². The fourth-order valence-corrected chi connectivity index (χ4v) is 2.19. The first-order valence-electron chi connectivity index (χ1n) is 7.75. The van der Waals surface area contributed by atoms with Crippen LogP contribution >= 0.6 is 0 Å². The normalized spacial score (nSPS) is 12.0. The SMILES string of the molecule is CCCCN(C)C(=O)C(C)(C)C(=O)Nc1ccccc1C(F)(F)F. The maximum atomic E-state index is 13.0. The molecule has 0 saturated heterocycles. The number of carbonyl (C=O) groups excluding carboxylic acids is 2. The molecule has 0 bridgehead atoms. The summed E-state index contributed by atoms with van der Waals surface area (Å²) in [6.07, 6.45) is -2.91. The average molecular weight is 344 g/mol. The molecule has 134 valence electrons. The summed E-state index contributed by atoms with van der Waals surface area (Å²) in [7, 11) is 1.58. The molecule has 1 aromatic carbocycles. The Morgan fingerprint density at radius 3 is 2.29 bits per heavy atom. The van der Waals surface area contributed by atoms with E-state index >= 15 is 0 Å². The summed E-state index contributed by atoms with van der Waals surface area (Å²) in [6.45, 7) is 5.28. The van der Waals surface area contributed by atoms with Gasteiger partial charge in [0.1, 0.15) is 5.41 Å². The highest BCUT2D eigenvalue weighted by Crippen LogP contribution is 2.35. The second-order valence-corrected chi connectivity index (χ2v) is 6.20. The Morgan fingerprint density at radius 1 is 1.17 bits per heavy atom. The van der Waals surface area contributed by atoms with Crippen LogP contribution in [-0.2, 0) is 15.8 Å². The van der Waals surface area contributed by atoms with E-state index in [1.54, 1.807) is 7.05 Å². The van der Waals surface area contributed by atoms with Crippen molar-refractivity contribution in [3.05, 3.63) is 29.8 Å². The second kappa shape index (κ2) is 7.68. The molecular formula is C17H23F3N2O2. The molecule has 7 heteroatoms. The molecule has 0 aliphatic heterocycles. The van der Waals surface area contributed by atoms with E-state index in [-0.39, 0.29) is 5.69 Å². The first-order valence-corrected chi connectivity index (χ1v) is 7.75. The lowest BCUT2D eigenvalue weighted by molar-refractivity contribution is -0.145. The van der Waals surface area contributed by atoms with Crippen LogP contribution in [0.5, 0.6) is 0 Å². The number of halogens is 3. The summed E-state index contributed by atoms with van der Waals surface area (Å²) >= 11 is 0. The van der Waals surface area contributed by atoms with Crippen LogP contribution in [0, 0.1) is 5.41 Å². The number of nitrogens with zero attached hydrogens (tertiary/aromatic N) is 1. The molecule has 0 spiro atoms. The maximum Gasteiger partial charge on any atom is 0.418 e. The molecule has 0 unspecified atom stereocenters. The zero-order chi connectivity index (χ0) is 18.5. The van der Waals surface area contributed by atoms with Gasteiger partial charge in [0, 0.05) is 13.6 Å². The van der Waals surface area contributed by atoms with Crippen LogP contribution in [0.3, 0.4) is 0 Å². The minimum atomic E-state index is -4.59. The Balaban J connectivity index is 2.97. The first-order chi connectivity index (χ1) is 11.0. The summed E-state index contributed by atoms with van der Waals surface area (Å²) in [5, 5.41) is 2.24. The Kier molecular flexibility index (Phi) is 6.40. The molecule has 0 aliphatic carbocycles. The number of hydrogen-bond donors (Lipinski definition) is 1. The van der Waals surface area contributed by atoms with Crippen molar-refractivity contribution in [3.63, 3.8) is 0 Å². The number of nitrogens with one attached hydrogen (secondary N) is 1. The molecule has 1 aromatic rings. The van der Waals surface area contributed by atoms with Gasteiger partial charge in [-0.25, -0.2) is 0 Å². The molecule has 0 atom stereocenters. The van der Waals surface area contributed by atoms with Crippen LogP contribution in [0.15, 0.2) is 24.3 Å². The van der Waals surface area contributed by atoms with Crippen LogP contribution < -0.4 is 5.32 Å². The summed E-state index contributed by atoms with van der Waals surface area (Å²) < 4.78 is 39.0. The topological polar surface area (TPSA) is 49.4 Å². The minimum absolute atomic E-state index is 0.355. The minimum Gasteiger partial charge on any atom is -0.345 e.